The van der Waals surface area contributed by atoms with Gasteiger partial charge in [0.05, 0.1) is 21.3 Å². The van der Waals surface area contributed by atoms with E-state index < -0.39 is 0 Å². The van der Waals surface area contributed by atoms with Gasteiger partial charge in [-0.25, -0.2) is 0 Å². The van der Waals surface area contributed by atoms with E-state index in [9.17, 15) is 5.11 Å². The van der Waals surface area contributed by atoms with Gasteiger partial charge in [0.1, 0.15) is 0 Å². The molecule has 0 amide bonds. The van der Waals surface area contributed by atoms with Gasteiger partial charge in [0.2, 0.25) is 11.5 Å². The van der Waals surface area contributed by atoms with Crippen LogP contribution in [-0.2, 0) is 0 Å². The van der Waals surface area contributed by atoms with Gasteiger partial charge >= 0.3 is 0 Å². The van der Waals surface area contributed by atoms with Gasteiger partial charge in [-0.2, -0.15) is 0 Å². The molecule has 0 aliphatic rings. The first-order valence-corrected chi connectivity index (χ1v) is 4.14. The van der Waals surface area contributed by atoms with Gasteiger partial charge in [-0.05, 0) is 18.6 Å². The molecule has 4 nitrogen and oxygen atoms in total. The summed E-state index contributed by atoms with van der Waals surface area (Å²) in [4.78, 5) is 0. The smallest absolute Gasteiger partial charge is 0.207 e. The van der Waals surface area contributed by atoms with E-state index in [-0.39, 0.29) is 5.75 Å². The van der Waals surface area contributed by atoms with Crippen molar-refractivity contribution in [3.8, 4) is 23.0 Å². The van der Waals surface area contributed by atoms with E-state index >= 15 is 0 Å². The van der Waals surface area contributed by atoms with Gasteiger partial charge in [-0.3, -0.25) is 0 Å². The quantitative estimate of drug-likeness (QED) is 0.803. The highest BCUT2D eigenvalue weighted by molar-refractivity contribution is 5.61. The number of hydrogen-bond acceptors (Lipinski definition) is 4. The van der Waals surface area contributed by atoms with Crippen molar-refractivity contribution in [2.75, 3.05) is 21.3 Å². The van der Waals surface area contributed by atoms with Crippen LogP contribution in [0.25, 0.3) is 0 Å². The van der Waals surface area contributed by atoms with Crippen LogP contribution < -0.4 is 14.2 Å². The standard InChI is InChI=1S/C10H14O4/c1-6-5-7(12-2)8(11)10(14-4)9(6)13-3/h5,11H,1-4H3. The minimum atomic E-state index is -0.0440. The molecule has 1 aromatic rings. The van der Waals surface area contributed by atoms with Gasteiger partial charge in [-0.15, -0.1) is 0 Å². The lowest BCUT2D eigenvalue weighted by atomic mass is 10.2. The molecule has 0 bridgehead atoms. The van der Waals surface area contributed by atoms with Crippen molar-refractivity contribution >= 4 is 0 Å². The molecule has 78 valence electrons. The molecule has 0 aliphatic heterocycles. The fraction of sp³-hybridized carbons (Fsp3) is 0.400. The summed E-state index contributed by atoms with van der Waals surface area (Å²) in [7, 11) is 4.48. The molecular formula is C10H14O4. The van der Waals surface area contributed by atoms with Crippen molar-refractivity contribution < 1.29 is 19.3 Å². The molecule has 1 aromatic carbocycles. The second-order valence-corrected chi connectivity index (χ2v) is 2.81. The van der Waals surface area contributed by atoms with Crippen molar-refractivity contribution in [1.29, 1.82) is 0 Å². The van der Waals surface area contributed by atoms with Crippen molar-refractivity contribution in [2.24, 2.45) is 0 Å². The number of methoxy groups -OCH3 is 3. The average Bonchev–Trinajstić information content (AvgIpc) is 2.20. The predicted molar refractivity (Wildman–Crippen MR) is 52.5 cm³/mol. The molecule has 4 heteroatoms. The third kappa shape index (κ3) is 1.55. The molecule has 1 N–H and O–H groups in total. The highest BCUT2D eigenvalue weighted by atomic mass is 16.5. The average molecular weight is 198 g/mol. The maximum Gasteiger partial charge on any atom is 0.207 e. The lowest BCUT2D eigenvalue weighted by Gasteiger charge is -2.14. The number of hydrogen-bond donors (Lipinski definition) is 1. The Balaban J connectivity index is 3.40. The minimum absolute atomic E-state index is 0.0440. The Labute approximate surface area is 83.0 Å². The van der Waals surface area contributed by atoms with E-state index in [1.54, 1.807) is 6.07 Å². The van der Waals surface area contributed by atoms with E-state index in [1.165, 1.54) is 21.3 Å². The Hall–Kier alpha value is -1.58. The molecule has 0 radical (unpaired) electrons. The zero-order valence-electron chi connectivity index (χ0n) is 8.75. The Morgan fingerprint density at radius 2 is 1.57 bits per heavy atom. The van der Waals surface area contributed by atoms with Crippen LogP contribution in [0.4, 0.5) is 0 Å². The fourth-order valence-electron chi connectivity index (χ4n) is 1.33. The SMILES string of the molecule is COc1cc(C)c(OC)c(OC)c1O. The molecule has 0 aromatic heterocycles. The van der Waals surface area contributed by atoms with Crippen LogP contribution in [0.1, 0.15) is 5.56 Å². The highest BCUT2D eigenvalue weighted by Crippen LogP contribution is 2.45. The first kappa shape index (κ1) is 10.5. The minimum Gasteiger partial charge on any atom is -0.502 e. The van der Waals surface area contributed by atoms with Crippen LogP contribution in [0.15, 0.2) is 6.07 Å². The van der Waals surface area contributed by atoms with Crippen LogP contribution >= 0.6 is 0 Å². The van der Waals surface area contributed by atoms with Crippen LogP contribution in [0.2, 0.25) is 0 Å². The van der Waals surface area contributed by atoms with Crippen LogP contribution in [0.3, 0.4) is 0 Å². The van der Waals surface area contributed by atoms with Crippen molar-refractivity contribution in [1.82, 2.24) is 0 Å². The molecule has 0 saturated carbocycles. The molecule has 0 saturated heterocycles. The van der Waals surface area contributed by atoms with Crippen LogP contribution in [0.5, 0.6) is 23.0 Å². The molecule has 0 atom stereocenters. The van der Waals surface area contributed by atoms with Crippen molar-refractivity contribution in [3.63, 3.8) is 0 Å². The highest BCUT2D eigenvalue weighted by Gasteiger charge is 2.17. The van der Waals surface area contributed by atoms with Gasteiger partial charge in [0, 0.05) is 0 Å². The largest absolute Gasteiger partial charge is 0.502 e. The van der Waals surface area contributed by atoms with Gasteiger partial charge in [0.25, 0.3) is 0 Å². The van der Waals surface area contributed by atoms with E-state index in [0.29, 0.717) is 17.2 Å². The normalized spacial score (nSPS) is 9.71. The zero-order valence-corrected chi connectivity index (χ0v) is 8.75. The van der Waals surface area contributed by atoms with Crippen molar-refractivity contribution in [3.05, 3.63) is 11.6 Å². The number of aromatic hydroxyl groups is 1. The number of phenolic OH excluding ortho intramolecular Hbond substituents is 1. The van der Waals surface area contributed by atoms with E-state index in [2.05, 4.69) is 0 Å². The summed E-state index contributed by atoms with van der Waals surface area (Å²) < 4.78 is 15.1. The molecule has 0 heterocycles. The summed E-state index contributed by atoms with van der Waals surface area (Å²) >= 11 is 0. The molecule has 0 unspecified atom stereocenters. The number of benzene rings is 1. The lowest BCUT2D eigenvalue weighted by Crippen LogP contribution is -1.95. The topological polar surface area (TPSA) is 47.9 Å². The molecular weight excluding hydrogens is 184 g/mol. The monoisotopic (exact) mass is 198 g/mol. The first-order chi connectivity index (χ1) is 6.65. The van der Waals surface area contributed by atoms with Gasteiger partial charge in [0.15, 0.2) is 11.5 Å². The Morgan fingerprint density at radius 1 is 1.00 bits per heavy atom. The molecule has 0 aliphatic carbocycles. The summed E-state index contributed by atoms with van der Waals surface area (Å²) in [5.74, 6) is 1.15. The summed E-state index contributed by atoms with van der Waals surface area (Å²) in [6, 6.07) is 1.69. The summed E-state index contributed by atoms with van der Waals surface area (Å²) in [5, 5.41) is 9.70. The van der Waals surface area contributed by atoms with Crippen LogP contribution in [0, 0.1) is 6.92 Å². The summed E-state index contributed by atoms with van der Waals surface area (Å²) in [6.45, 7) is 1.85. The van der Waals surface area contributed by atoms with Gasteiger partial charge < -0.3 is 19.3 Å². The van der Waals surface area contributed by atoms with Crippen LogP contribution in [-0.4, -0.2) is 26.4 Å². The number of aryl methyl sites for hydroxylation is 1. The second kappa shape index (κ2) is 4.09. The third-order valence-corrected chi connectivity index (χ3v) is 1.99. The maximum atomic E-state index is 9.70. The predicted octanol–water partition coefficient (Wildman–Crippen LogP) is 1.73. The van der Waals surface area contributed by atoms with E-state index in [0.717, 1.165) is 5.56 Å². The summed E-state index contributed by atoms with van der Waals surface area (Å²) in [6.07, 6.45) is 0. The molecule has 1 rings (SSSR count). The number of rotatable bonds is 3. The maximum absolute atomic E-state index is 9.70. The van der Waals surface area contributed by atoms with E-state index in [4.69, 9.17) is 14.2 Å². The lowest BCUT2D eigenvalue weighted by molar-refractivity contribution is 0.314. The number of ether oxygens (including phenoxy) is 3. The van der Waals surface area contributed by atoms with E-state index in [1.807, 2.05) is 6.92 Å². The fourth-order valence-corrected chi connectivity index (χ4v) is 1.33. The Morgan fingerprint density at radius 3 is 2.00 bits per heavy atom. The summed E-state index contributed by atoms with van der Waals surface area (Å²) in [5.41, 5.74) is 0.846. The Kier molecular flexibility index (Phi) is 3.06. The molecule has 14 heavy (non-hydrogen) atoms. The third-order valence-electron chi connectivity index (χ3n) is 1.99. The zero-order chi connectivity index (χ0) is 10.7. The first-order valence-electron chi connectivity index (χ1n) is 4.14. The molecule has 0 spiro atoms. The second-order valence-electron chi connectivity index (χ2n) is 2.81. The number of phenols is 1. The van der Waals surface area contributed by atoms with Gasteiger partial charge in [-0.1, -0.05) is 0 Å². The Bertz CT molecular complexity index is 333. The van der Waals surface area contributed by atoms with Crippen molar-refractivity contribution in [2.45, 2.75) is 6.92 Å². The molecule has 0 fully saturated rings.